The van der Waals surface area contributed by atoms with Crippen LogP contribution in [0.1, 0.15) is 41.2 Å². The highest BCUT2D eigenvalue weighted by Gasteiger charge is 2.26. The molecule has 7 heteroatoms. The molecule has 7 nitrogen and oxygen atoms in total. The first-order valence-electron chi connectivity index (χ1n) is 12.2. The molecule has 1 aromatic carbocycles. The van der Waals surface area contributed by atoms with E-state index >= 15 is 0 Å². The van der Waals surface area contributed by atoms with Gasteiger partial charge in [-0.1, -0.05) is 11.2 Å². The maximum absolute atomic E-state index is 5.50. The van der Waals surface area contributed by atoms with E-state index in [1.54, 1.807) is 7.11 Å². The van der Waals surface area contributed by atoms with E-state index < -0.39 is 0 Å². The summed E-state index contributed by atoms with van der Waals surface area (Å²) in [6, 6.07) is 8.56. The van der Waals surface area contributed by atoms with E-state index in [-0.39, 0.29) is 0 Å². The number of ether oxygens (including phenoxy) is 1. The first-order chi connectivity index (χ1) is 17.1. The lowest BCUT2D eigenvalue weighted by Gasteiger charge is -2.14. The lowest BCUT2D eigenvalue weighted by molar-refractivity contribution is 0.202. The molecule has 1 aliphatic rings. The molecule has 35 heavy (non-hydrogen) atoms. The molecule has 0 spiro atoms. The Morgan fingerprint density at radius 3 is 2.74 bits per heavy atom. The molecule has 1 saturated carbocycles. The van der Waals surface area contributed by atoms with Crippen molar-refractivity contribution >= 4 is 21.9 Å². The molecule has 4 aromatic heterocycles. The Bertz CT molecular complexity index is 1500. The van der Waals surface area contributed by atoms with Crippen LogP contribution >= 0.6 is 0 Å². The zero-order valence-electron chi connectivity index (χ0n) is 20.4. The first kappa shape index (κ1) is 21.9. The van der Waals surface area contributed by atoms with Crippen LogP contribution in [0.25, 0.3) is 33.1 Å². The second kappa shape index (κ2) is 8.89. The lowest BCUT2D eigenvalue weighted by Crippen LogP contribution is -2.07. The van der Waals surface area contributed by atoms with Crippen LogP contribution in [0.15, 0.2) is 47.4 Å². The summed E-state index contributed by atoms with van der Waals surface area (Å²) in [4.78, 5) is 14.2. The maximum Gasteiger partial charge on any atom is 0.141 e. The van der Waals surface area contributed by atoms with Gasteiger partial charge in [0.15, 0.2) is 0 Å². The van der Waals surface area contributed by atoms with Gasteiger partial charge in [-0.3, -0.25) is 9.97 Å². The number of benzene rings is 1. The van der Waals surface area contributed by atoms with Gasteiger partial charge in [0, 0.05) is 43.4 Å². The number of rotatable bonds is 8. The molecule has 4 heterocycles. The van der Waals surface area contributed by atoms with E-state index in [1.165, 1.54) is 29.5 Å². The molecule has 1 aliphatic carbocycles. The average molecular weight is 468 g/mol. The van der Waals surface area contributed by atoms with Gasteiger partial charge in [0.05, 0.1) is 29.5 Å². The van der Waals surface area contributed by atoms with Gasteiger partial charge in [-0.2, -0.15) is 0 Å². The van der Waals surface area contributed by atoms with Crippen molar-refractivity contribution in [1.29, 1.82) is 0 Å². The van der Waals surface area contributed by atoms with Crippen molar-refractivity contribution in [3.63, 3.8) is 0 Å². The number of pyridine rings is 2. The van der Waals surface area contributed by atoms with Crippen LogP contribution in [-0.4, -0.2) is 38.4 Å². The third-order valence-electron chi connectivity index (χ3n) is 6.98. The minimum atomic E-state index is 0.638. The van der Waals surface area contributed by atoms with E-state index in [9.17, 15) is 0 Å². The topological polar surface area (TPSA) is 78.9 Å². The number of methoxy groups -OCH3 is 1. The summed E-state index contributed by atoms with van der Waals surface area (Å²) >= 11 is 0. The average Bonchev–Trinajstić information content (AvgIpc) is 3.54. The Kier molecular flexibility index (Phi) is 5.57. The van der Waals surface area contributed by atoms with Crippen LogP contribution in [0.2, 0.25) is 0 Å². The smallest absolute Gasteiger partial charge is 0.141 e. The van der Waals surface area contributed by atoms with Crippen LogP contribution in [-0.2, 0) is 24.1 Å². The second-order valence-electron chi connectivity index (χ2n) is 9.58. The Morgan fingerprint density at radius 2 is 2.03 bits per heavy atom. The maximum atomic E-state index is 5.50. The minimum Gasteiger partial charge on any atom is -0.384 e. The summed E-state index contributed by atoms with van der Waals surface area (Å²) in [5, 5.41) is 5.33. The number of aryl methyl sites for hydroxylation is 2. The van der Waals surface area contributed by atoms with Gasteiger partial charge in [0.1, 0.15) is 17.1 Å². The summed E-state index contributed by atoms with van der Waals surface area (Å²) in [5.74, 6) is 2.61. The Labute approximate surface area is 204 Å². The number of aromatic nitrogens is 5. The zero-order chi connectivity index (χ0) is 23.9. The Balaban J connectivity index is 1.57. The molecule has 0 N–H and O–H groups in total. The third-order valence-corrected chi connectivity index (χ3v) is 6.98. The first-order valence-corrected chi connectivity index (χ1v) is 12.2. The number of fused-ring (bicyclic) bond motifs is 3. The predicted molar refractivity (Wildman–Crippen MR) is 135 cm³/mol. The fourth-order valence-electron chi connectivity index (χ4n) is 5.05. The highest BCUT2D eigenvalue weighted by atomic mass is 16.5. The second-order valence-corrected chi connectivity index (χ2v) is 9.58. The van der Waals surface area contributed by atoms with E-state index in [0.29, 0.717) is 6.61 Å². The van der Waals surface area contributed by atoms with Crippen molar-refractivity contribution in [2.24, 2.45) is 5.92 Å². The number of hydrogen-bond acceptors (Lipinski definition) is 6. The van der Waals surface area contributed by atoms with Gasteiger partial charge in [0.25, 0.3) is 0 Å². The molecule has 0 unspecified atom stereocenters. The molecular formula is C28H29N5O2. The predicted octanol–water partition coefficient (Wildman–Crippen LogP) is 5.44. The minimum absolute atomic E-state index is 0.638. The van der Waals surface area contributed by atoms with E-state index in [2.05, 4.69) is 32.9 Å². The number of imidazole rings is 1. The fraction of sp³-hybridized carbons (Fsp3) is 0.357. The van der Waals surface area contributed by atoms with Crippen LogP contribution in [0, 0.1) is 19.8 Å². The molecular weight excluding hydrogens is 438 g/mol. The Morgan fingerprint density at radius 1 is 1.14 bits per heavy atom. The zero-order valence-corrected chi connectivity index (χ0v) is 20.4. The van der Waals surface area contributed by atoms with Crippen LogP contribution in [0.5, 0.6) is 0 Å². The normalized spacial score (nSPS) is 13.8. The highest BCUT2D eigenvalue weighted by Crippen LogP contribution is 2.37. The summed E-state index contributed by atoms with van der Waals surface area (Å²) in [6.45, 7) is 5.58. The molecule has 1 fully saturated rings. The van der Waals surface area contributed by atoms with Crippen LogP contribution < -0.4 is 0 Å². The monoisotopic (exact) mass is 467 g/mol. The lowest BCUT2D eigenvalue weighted by atomic mass is 9.94. The quantitative estimate of drug-likeness (QED) is 0.302. The Hall–Kier alpha value is -3.58. The van der Waals surface area contributed by atoms with Gasteiger partial charge < -0.3 is 13.8 Å². The van der Waals surface area contributed by atoms with E-state index in [1.807, 2.05) is 38.5 Å². The number of nitrogens with zero attached hydrogens (tertiary/aromatic N) is 5. The van der Waals surface area contributed by atoms with Crippen LogP contribution in [0.4, 0.5) is 0 Å². The standard InChI is InChI=1S/C28H29N5O2/c1-17-27(18(2)35-32-17)22-13-24-23(12-21(22)8-10-34-3)28-25(15-30-24)31-26(33(28)16-19-6-7-19)11-20-5-4-9-29-14-20/h4-5,9,12-15,19H,6-8,10-11,16H2,1-3H3. The summed E-state index contributed by atoms with van der Waals surface area (Å²) in [6.07, 6.45) is 9.77. The summed E-state index contributed by atoms with van der Waals surface area (Å²) in [5.41, 5.74) is 8.49. The third kappa shape index (κ3) is 4.10. The molecule has 0 radical (unpaired) electrons. The van der Waals surface area contributed by atoms with Crippen molar-refractivity contribution in [3.8, 4) is 11.1 Å². The van der Waals surface area contributed by atoms with E-state index in [0.717, 1.165) is 70.1 Å². The number of hydrogen-bond donors (Lipinski definition) is 0. The van der Waals surface area contributed by atoms with Crippen molar-refractivity contribution in [1.82, 2.24) is 24.7 Å². The SMILES string of the molecule is COCCc1cc2c(cc1-c1c(C)noc1C)ncc1nc(Cc3cccnc3)n(CC3CC3)c12. The molecule has 0 amide bonds. The molecule has 5 aromatic rings. The summed E-state index contributed by atoms with van der Waals surface area (Å²) in [7, 11) is 1.74. The van der Waals surface area contributed by atoms with Crippen molar-refractivity contribution in [3.05, 3.63) is 71.3 Å². The van der Waals surface area contributed by atoms with Crippen LogP contribution in [0.3, 0.4) is 0 Å². The molecule has 0 bridgehead atoms. The van der Waals surface area contributed by atoms with Crippen molar-refractivity contribution in [2.75, 3.05) is 13.7 Å². The van der Waals surface area contributed by atoms with Gasteiger partial charge in [-0.05, 0) is 73.9 Å². The molecule has 0 saturated heterocycles. The summed E-state index contributed by atoms with van der Waals surface area (Å²) < 4.78 is 13.4. The van der Waals surface area contributed by atoms with Crippen molar-refractivity contribution in [2.45, 2.75) is 46.1 Å². The molecule has 178 valence electrons. The molecule has 0 aliphatic heterocycles. The van der Waals surface area contributed by atoms with Gasteiger partial charge in [-0.15, -0.1) is 0 Å². The van der Waals surface area contributed by atoms with Gasteiger partial charge in [0.2, 0.25) is 0 Å². The molecule has 0 atom stereocenters. The van der Waals surface area contributed by atoms with Crippen molar-refractivity contribution < 1.29 is 9.26 Å². The molecule has 6 rings (SSSR count). The largest absolute Gasteiger partial charge is 0.384 e. The fourth-order valence-corrected chi connectivity index (χ4v) is 5.05. The van der Waals surface area contributed by atoms with Gasteiger partial charge in [-0.25, -0.2) is 4.98 Å². The van der Waals surface area contributed by atoms with E-state index in [4.69, 9.17) is 19.2 Å². The highest BCUT2D eigenvalue weighted by molar-refractivity contribution is 6.04. The van der Waals surface area contributed by atoms with Gasteiger partial charge >= 0.3 is 0 Å².